The number of hydrogen-bond donors (Lipinski definition) is 0. The van der Waals surface area contributed by atoms with Gasteiger partial charge < -0.3 is 0 Å². The summed E-state index contributed by atoms with van der Waals surface area (Å²) in [6.45, 7) is 0. The van der Waals surface area contributed by atoms with Crippen molar-refractivity contribution in [1.29, 1.82) is 5.26 Å². The third-order valence-electron chi connectivity index (χ3n) is 3.48. The molecule has 25 heavy (non-hydrogen) atoms. The fourth-order valence-electron chi connectivity index (χ4n) is 2.30. The topological polar surface area (TPSA) is 62.5 Å². The summed E-state index contributed by atoms with van der Waals surface area (Å²) in [5, 5.41) is 10.3. The lowest BCUT2D eigenvalue weighted by Gasteiger charge is -2.06. The first-order valence-corrected chi connectivity index (χ1v) is 8.91. The van der Waals surface area contributed by atoms with E-state index in [-0.39, 0.29) is 5.82 Å². The van der Waals surface area contributed by atoms with Gasteiger partial charge in [-0.15, -0.1) is 0 Å². The summed E-state index contributed by atoms with van der Waals surface area (Å²) in [5.41, 5.74) is 2.04. The fraction of sp³-hybridized carbons (Fsp3) is 0. The Kier molecular flexibility index (Phi) is 4.14. The van der Waals surface area contributed by atoms with Gasteiger partial charge in [-0.3, -0.25) is 0 Å². The predicted molar refractivity (Wildman–Crippen MR) is 95.9 cm³/mol. The van der Waals surface area contributed by atoms with Crippen LogP contribution in [0.4, 0.5) is 4.39 Å². The van der Waals surface area contributed by atoms with Gasteiger partial charge in [0.1, 0.15) is 33.6 Å². The molecule has 4 rings (SSSR count). The van der Waals surface area contributed by atoms with Gasteiger partial charge in [-0.2, -0.15) is 5.26 Å². The van der Waals surface area contributed by atoms with Crippen LogP contribution in [0, 0.1) is 17.1 Å². The number of nitrogens with zero attached hydrogens (tertiary/aromatic N) is 4. The molecule has 0 aliphatic carbocycles. The quantitative estimate of drug-likeness (QED) is 0.516. The molecule has 0 atom stereocenters. The largest absolute Gasteiger partial charge is 0.242 e. The summed E-state index contributed by atoms with van der Waals surface area (Å²) in [6.07, 6.45) is 3.15. The lowest BCUT2D eigenvalue weighted by atomic mass is 10.1. The maximum absolute atomic E-state index is 13.8. The number of halogens is 1. The number of thiazole rings is 1. The van der Waals surface area contributed by atoms with Crippen molar-refractivity contribution in [2.75, 3.05) is 0 Å². The molecule has 0 N–H and O–H groups in total. The Bertz CT molecular complexity index is 1080. The third kappa shape index (κ3) is 3.09. The van der Waals surface area contributed by atoms with Crippen molar-refractivity contribution in [3.8, 4) is 16.6 Å². The van der Waals surface area contributed by atoms with Crippen molar-refractivity contribution < 1.29 is 4.39 Å². The number of nitriles is 1. The highest BCUT2D eigenvalue weighted by Crippen LogP contribution is 2.35. The fourth-order valence-corrected chi connectivity index (χ4v) is 4.07. The van der Waals surface area contributed by atoms with E-state index in [0.717, 1.165) is 20.9 Å². The minimum atomic E-state index is -0.301. The van der Waals surface area contributed by atoms with Gasteiger partial charge in [-0.1, -0.05) is 41.3 Å². The molecular weight excluding hydrogens is 355 g/mol. The highest BCUT2D eigenvalue weighted by Gasteiger charge is 2.12. The van der Waals surface area contributed by atoms with Gasteiger partial charge in [-0.25, -0.2) is 19.3 Å². The van der Waals surface area contributed by atoms with Crippen LogP contribution in [-0.4, -0.2) is 15.0 Å². The van der Waals surface area contributed by atoms with Crippen LogP contribution in [0.3, 0.4) is 0 Å². The molecule has 0 radical (unpaired) electrons. The molecule has 4 nitrogen and oxygen atoms in total. The van der Waals surface area contributed by atoms with Gasteiger partial charge in [0.05, 0.1) is 11.8 Å². The van der Waals surface area contributed by atoms with E-state index in [9.17, 15) is 9.65 Å². The van der Waals surface area contributed by atoms with Crippen LogP contribution in [-0.2, 0) is 0 Å². The second kappa shape index (κ2) is 6.59. The lowest BCUT2D eigenvalue weighted by Crippen LogP contribution is -1.86. The van der Waals surface area contributed by atoms with Gasteiger partial charge in [0.15, 0.2) is 0 Å². The van der Waals surface area contributed by atoms with Crippen LogP contribution in [0.1, 0.15) is 5.56 Å². The van der Waals surface area contributed by atoms with Crippen LogP contribution in [0.25, 0.3) is 20.9 Å². The standard InChI is InChI=1S/C18H9FN4S2/c19-13-3-1-2-4-16(13)24-15-6-5-11(7-12(15)8-20)17-23-14-9-21-10-22-18(14)25-17/h1-7,9-10H. The summed E-state index contributed by atoms with van der Waals surface area (Å²) >= 11 is 2.68. The molecule has 0 saturated heterocycles. The lowest BCUT2D eigenvalue weighted by molar-refractivity contribution is 0.602. The van der Waals surface area contributed by atoms with Crippen molar-refractivity contribution in [3.05, 3.63) is 66.4 Å². The summed E-state index contributed by atoms with van der Waals surface area (Å²) < 4.78 is 13.8. The molecule has 0 saturated carbocycles. The Hall–Kier alpha value is -2.82. The highest BCUT2D eigenvalue weighted by atomic mass is 32.2. The molecule has 0 amide bonds. The van der Waals surface area contributed by atoms with E-state index >= 15 is 0 Å². The molecule has 0 unspecified atom stereocenters. The molecule has 0 spiro atoms. The van der Waals surface area contributed by atoms with Gasteiger partial charge in [-0.05, 0) is 24.3 Å². The molecule has 0 aliphatic rings. The van der Waals surface area contributed by atoms with Crippen LogP contribution in [0.2, 0.25) is 0 Å². The zero-order valence-electron chi connectivity index (χ0n) is 12.7. The molecule has 2 aromatic carbocycles. The van der Waals surface area contributed by atoms with E-state index in [1.165, 1.54) is 35.5 Å². The number of aromatic nitrogens is 3. The summed E-state index contributed by atoms with van der Waals surface area (Å²) in [6, 6.07) is 14.2. The molecule has 7 heteroatoms. The average molecular weight is 364 g/mol. The Morgan fingerprint density at radius 1 is 1.12 bits per heavy atom. The zero-order chi connectivity index (χ0) is 17.2. The van der Waals surface area contributed by atoms with Gasteiger partial charge in [0.2, 0.25) is 0 Å². The predicted octanol–water partition coefficient (Wildman–Crippen LogP) is 4.92. The normalized spacial score (nSPS) is 10.7. The van der Waals surface area contributed by atoms with Crippen molar-refractivity contribution in [1.82, 2.24) is 15.0 Å². The molecule has 2 aromatic heterocycles. The smallest absolute Gasteiger partial charge is 0.147 e. The molecule has 0 bridgehead atoms. The van der Waals surface area contributed by atoms with Gasteiger partial charge >= 0.3 is 0 Å². The van der Waals surface area contributed by atoms with Crippen LogP contribution < -0.4 is 0 Å². The zero-order valence-corrected chi connectivity index (χ0v) is 14.3. The summed E-state index contributed by atoms with van der Waals surface area (Å²) in [4.78, 5) is 14.6. The van der Waals surface area contributed by atoms with Gasteiger partial charge in [0, 0.05) is 15.4 Å². The first kappa shape index (κ1) is 15.7. The summed E-state index contributed by atoms with van der Waals surface area (Å²) in [5.74, 6) is -0.301. The SMILES string of the molecule is N#Cc1cc(-c2nc3cncnc3s2)ccc1Sc1ccccc1F. The Morgan fingerprint density at radius 2 is 2.00 bits per heavy atom. The Morgan fingerprint density at radius 3 is 2.80 bits per heavy atom. The Balaban J connectivity index is 1.72. The maximum atomic E-state index is 13.8. The third-order valence-corrected chi connectivity index (χ3v) is 5.63. The first-order chi connectivity index (χ1) is 12.2. The van der Waals surface area contributed by atoms with E-state index < -0.39 is 0 Å². The van der Waals surface area contributed by atoms with Crippen LogP contribution >= 0.6 is 23.1 Å². The van der Waals surface area contributed by atoms with Crippen molar-refractivity contribution >= 4 is 33.4 Å². The number of benzene rings is 2. The minimum absolute atomic E-state index is 0.301. The molecule has 0 aliphatic heterocycles. The Labute approximate surface area is 151 Å². The van der Waals surface area contributed by atoms with Crippen molar-refractivity contribution in [2.24, 2.45) is 0 Å². The summed E-state index contributed by atoms with van der Waals surface area (Å²) in [7, 11) is 0. The number of fused-ring (bicyclic) bond motifs is 1. The van der Waals surface area contributed by atoms with E-state index in [1.807, 2.05) is 12.1 Å². The number of hydrogen-bond acceptors (Lipinski definition) is 6. The molecular formula is C18H9FN4S2. The van der Waals surface area contributed by atoms with Crippen LogP contribution in [0.15, 0.2) is 64.8 Å². The van der Waals surface area contributed by atoms with E-state index in [1.54, 1.807) is 30.5 Å². The minimum Gasteiger partial charge on any atom is -0.242 e. The van der Waals surface area contributed by atoms with E-state index in [0.29, 0.717) is 15.4 Å². The average Bonchev–Trinajstić information content (AvgIpc) is 3.08. The monoisotopic (exact) mass is 364 g/mol. The molecule has 4 aromatic rings. The highest BCUT2D eigenvalue weighted by molar-refractivity contribution is 7.99. The van der Waals surface area contributed by atoms with Crippen LogP contribution in [0.5, 0.6) is 0 Å². The molecule has 120 valence electrons. The molecule has 0 fully saturated rings. The second-order valence-corrected chi connectivity index (χ2v) is 7.15. The van der Waals surface area contributed by atoms with E-state index in [4.69, 9.17) is 0 Å². The van der Waals surface area contributed by atoms with E-state index in [2.05, 4.69) is 21.0 Å². The van der Waals surface area contributed by atoms with Gasteiger partial charge in [0.25, 0.3) is 0 Å². The van der Waals surface area contributed by atoms with Crippen molar-refractivity contribution in [3.63, 3.8) is 0 Å². The van der Waals surface area contributed by atoms with Crippen molar-refractivity contribution in [2.45, 2.75) is 9.79 Å². The maximum Gasteiger partial charge on any atom is 0.147 e. The molecule has 2 heterocycles. The first-order valence-electron chi connectivity index (χ1n) is 7.28. The second-order valence-electron chi connectivity index (χ2n) is 5.09. The number of rotatable bonds is 3.